The average molecular weight is 309 g/mol. The molecule has 3 N–H and O–H groups in total. The predicted molar refractivity (Wildman–Crippen MR) is 72.3 cm³/mol. The Kier molecular flexibility index (Phi) is 4.18. The number of hydrogen-bond donors (Lipinski definition) is 2. The van der Waals surface area contributed by atoms with E-state index in [9.17, 15) is 8.42 Å². The Labute approximate surface area is 117 Å². The number of rotatable bonds is 4. The van der Waals surface area contributed by atoms with E-state index in [1.54, 1.807) is 6.07 Å². The molecule has 18 heavy (non-hydrogen) atoms. The van der Waals surface area contributed by atoms with Crippen molar-refractivity contribution in [1.82, 2.24) is 4.72 Å². The van der Waals surface area contributed by atoms with Crippen molar-refractivity contribution in [2.75, 3.05) is 0 Å². The molecular weight excluding hydrogens is 295 g/mol. The fraction of sp³-hybridized carbons (Fsp3) is 0.455. The number of nitrogens with one attached hydrogen (secondary N) is 1. The minimum atomic E-state index is -3.63. The number of hydrogen-bond acceptors (Lipinski definition) is 3. The lowest BCUT2D eigenvalue weighted by atomic mass is 9.94. The van der Waals surface area contributed by atoms with E-state index in [1.165, 1.54) is 6.07 Å². The minimum Gasteiger partial charge on any atom is -0.326 e. The number of sulfonamides is 1. The van der Waals surface area contributed by atoms with Gasteiger partial charge in [0.25, 0.3) is 0 Å². The summed E-state index contributed by atoms with van der Waals surface area (Å²) in [7, 11) is -3.63. The highest BCUT2D eigenvalue weighted by Crippen LogP contribution is 2.30. The Morgan fingerprint density at radius 2 is 2.00 bits per heavy atom. The van der Waals surface area contributed by atoms with Crippen LogP contribution in [0.3, 0.4) is 0 Å². The maximum atomic E-state index is 12.2. The van der Waals surface area contributed by atoms with E-state index >= 15 is 0 Å². The van der Waals surface area contributed by atoms with Gasteiger partial charge < -0.3 is 5.73 Å². The average Bonchev–Trinajstić information content (AvgIpc) is 2.26. The molecule has 0 heterocycles. The van der Waals surface area contributed by atoms with Crippen molar-refractivity contribution in [2.24, 2.45) is 5.73 Å². The zero-order chi connectivity index (χ0) is 13.3. The molecule has 4 nitrogen and oxygen atoms in total. The molecular formula is C11H14Cl2N2O2S. The van der Waals surface area contributed by atoms with Crippen molar-refractivity contribution in [3.05, 3.63) is 27.7 Å². The molecule has 0 spiro atoms. The summed E-state index contributed by atoms with van der Waals surface area (Å²) in [6.07, 6.45) is 2.77. The summed E-state index contributed by atoms with van der Waals surface area (Å²) >= 11 is 11.9. The Hall–Kier alpha value is -0.330. The predicted octanol–water partition coefficient (Wildman–Crippen LogP) is 2.28. The first-order chi connectivity index (χ1) is 8.44. The van der Waals surface area contributed by atoms with E-state index in [0.717, 1.165) is 19.3 Å². The molecule has 0 aromatic heterocycles. The van der Waals surface area contributed by atoms with E-state index < -0.39 is 10.0 Å². The third kappa shape index (κ3) is 2.81. The number of nitrogens with two attached hydrogens (primary N) is 1. The third-order valence-electron chi connectivity index (χ3n) is 3.02. The molecule has 1 aromatic rings. The fourth-order valence-electron chi connectivity index (χ4n) is 1.77. The second-order valence-corrected chi connectivity index (χ2v) is 6.83. The van der Waals surface area contributed by atoms with Gasteiger partial charge in [-0.2, -0.15) is 0 Å². The maximum absolute atomic E-state index is 12.2. The molecule has 0 atom stereocenters. The Morgan fingerprint density at radius 1 is 1.33 bits per heavy atom. The van der Waals surface area contributed by atoms with Gasteiger partial charge in [0.05, 0.1) is 5.02 Å². The lowest BCUT2D eigenvalue weighted by molar-refractivity contribution is 0.383. The van der Waals surface area contributed by atoms with Crippen molar-refractivity contribution in [2.45, 2.75) is 36.7 Å². The van der Waals surface area contributed by atoms with Crippen molar-refractivity contribution >= 4 is 33.2 Å². The molecule has 0 bridgehead atoms. The van der Waals surface area contributed by atoms with Crippen LogP contribution in [0, 0.1) is 0 Å². The molecule has 1 saturated carbocycles. The van der Waals surface area contributed by atoms with E-state index in [-0.39, 0.29) is 22.5 Å². The number of halogens is 2. The fourth-order valence-corrected chi connectivity index (χ4v) is 4.02. The minimum absolute atomic E-state index is 0.00372. The largest absolute Gasteiger partial charge is 0.326 e. The Balaban J connectivity index is 2.39. The first-order valence-corrected chi connectivity index (χ1v) is 7.88. The second-order valence-electron chi connectivity index (χ2n) is 4.33. The van der Waals surface area contributed by atoms with E-state index in [2.05, 4.69) is 4.72 Å². The maximum Gasteiger partial charge on any atom is 0.242 e. The second kappa shape index (κ2) is 5.35. The van der Waals surface area contributed by atoms with Crippen LogP contribution in [-0.2, 0) is 16.6 Å². The van der Waals surface area contributed by atoms with Gasteiger partial charge in [0, 0.05) is 17.6 Å². The highest BCUT2D eigenvalue weighted by atomic mass is 35.5. The van der Waals surface area contributed by atoms with Crippen LogP contribution in [-0.4, -0.2) is 14.5 Å². The summed E-state index contributed by atoms with van der Waals surface area (Å²) in [6, 6.07) is 2.93. The molecule has 7 heteroatoms. The van der Waals surface area contributed by atoms with Crippen LogP contribution in [0.4, 0.5) is 0 Å². The van der Waals surface area contributed by atoms with Crippen LogP contribution in [0.25, 0.3) is 0 Å². The standard InChI is InChI=1S/C11H14Cl2N2O2S/c12-8-4-7(6-14)11(13)10(5-8)18(16,17)15-9-2-1-3-9/h4-5,9,15H,1-3,6,14H2. The van der Waals surface area contributed by atoms with Gasteiger partial charge in [0.2, 0.25) is 10.0 Å². The van der Waals surface area contributed by atoms with Crippen LogP contribution in [0.1, 0.15) is 24.8 Å². The van der Waals surface area contributed by atoms with Crippen molar-refractivity contribution in [3.8, 4) is 0 Å². The summed E-state index contributed by atoms with van der Waals surface area (Å²) in [5, 5.41) is 0.461. The molecule has 0 aliphatic heterocycles. The van der Waals surface area contributed by atoms with Gasteiger partial charge >= 0.3 is 0 Å². The zero-order valence-electron chi connectivity index (χ0n) is 9.62. The molecule has 0 unspecified atom stereocenters. The van der Waals surface area contributed by atoms with Crippen LogP contribution < -0.4 is 10.5 Å². The van der Waals surface area contributed by atoms with Crippen LogP contribution in [0.5, 0.6) is 0 Å². The van der Waals surface area contributed by atoms with Crippen LogP contribution in [0.15, 0.2) is 17.0 Å². The SMILES string of the molecule is NCc1cc(Cl)cc(S(=O)(=O)NC2CCC2)c1Cl. The first kappa shape index (κ1) is 14.1. The highest BCUT2D eigenvalue weighted by Gasteiger charge is 2.27. The summed E-state index contributed by atoms with van der Waals surface area (Å²) < 4.78 is 27.0. The highest BCUT2D eigenvalue weighted by molar-refractivity contribution is 7.89. The van der Waals surface area contributed by atoms with Gasteiger partial charge in [-0.15, -0.1) is 0 Å². The quantitative estimate of drug-likeness (QED) is 0.896. The monoisotopic (exact) mass is 308 g/mol. The van der Waals surface area contributed by atoms with Crippen LogP contribution in [0.2, 0.25) is 10.0 Å². The molecule has 1 aromatic carbocycles. The zero-order valence-corrected chi connectivity index (χ0v) is 11.9. The molecule has 0 amide bonds. The van der Waals surface area contributed by atoms with Gasteiger partial charge in [-0.1, -0.05) is 29.6 Å². The topological polar surface area (TPSA) is 72.2 Å². The molecule has 1 fully saturated rings. The normalized spacial score (nSPS) is 16.6. The molecule has 2 rings (SSSR count). The lowest BCUT2D eigenvalue weighted by Crippen LogP contribution is -2.39. The van der Waals surface area contributed by atoms with Gasteiger partial charge in [0.15, 0.2) is 0 Å². The first-order valence-electron chi connectivity index (χ1n) is 5.64. The molecule has 100 valence electrons. The molecule has 0 saturated heterocycles. The summed E-state index contributed by atoms with van der Waals surface area (Å²) in [5.74, 6) is 0. The van der Waals surface area contributed by atoms with Gasteiger partial charge in [-0.05, 0) is 30.5 Å². The van der Waals surface area contributed by atoms with Crippen molar-refractivity contribution in [1.29, 1.82) is 0 Å². The number of benzene rings is 1. The molecule has 0 radical (unpaired) electrons. The molecule has 1 aliphatic carbocycles. The molecule has 1 aliphatic rings. The van der Waals surface area contributed by atoms with E-state index in [4.69, 9.17) is 28.9 Å². The summed E-state index contributed by atoms with van der Waals surface area (Å²) in [4.78, 5) is 0.00372. The summed E-state index contributed by atoms with van der Waals surface area (Å²) in [6.45, 7) is 0.144. The van der Waals surface area contributed by atoms with E-state index in [1.807, 2.05) is 0 Å². The van der Waals surface area contributed by atoms with Gasteiger partial charge in [-0.25, -0.2) is 13.1 Å². The van der Waals surface area contributed by atoms with E-state index in [0.29, 0.717) is 10.6 Å². The van der Waals surface area contributed by atoms with Gasteiger partial charge in [0.1, 0.15) is 4.90 Å². The van der Waals surface area contributed by atoms with Crippen LogP contribution >= 0.6 is 23.2 Å². The Morgan fingerprint density at radius 3 is 2.50 bits per heavy atom. The van der Waals surface area contributed by atoms with Crippen molar-refractivity contribution in [3.63, 3.8) is 0 Å². The van der Waals surface area contributed by atoms with Gasteiger partial charge in [-0.3, -0.25) is 0 Å². The van der Waals surface area contributed by atoms with Crippen molar-refractivity contribution < 1.29 is 8.42 Å². The smallest absolute Gasteiger partial charge is 0.242 e. The third-order valence-corrected chi connectivity index (χ3v) is 5.34. The Bertz CT molecular complexity index is 556. The summed E-state index contributed by atoms with van der Waals surface area (Å²) in [5.41, 5.74) is 6.04. The lowest BCUT2D eigenvalue weighted by Gasteiger charge is -2.26.